The van der Waals surface area contributed by atoms with Crippen molar-refractivity contribution in [2.75, 3.05) is 0 Å². The van der Waals surface area contributed by atoms with Crippen LogP contribution in [-0.4, -0.2) is 21.1 Å². The molecule has 0 spiro atoms. The number of alkyl halides is 3. The molecule has 9 heteroatoms. The van der Waals surface area contributed by atoms with Crippen molar-refractivity contribution in [3.8, 4) is 11.6 Å². The fourth-order valence-corrected chi connectivity index (χ4v) is 2.49. The van der Waals surface area contributed by atoms with Crippen molar-refractivity contribution in [3.05, 3.63) is 59.6 Å². The molecule has 1 aromatic carbocycles. The van der Waals surface area contributed by atoms with Crippen molar-refractivity contribution in [3.63, 3.8) is 0 Å². The van der Waals surface area contributed by atoms with Crippen LogP contribution in [0.3, 0.4) is 0 Å². The molecule has 0 bridgehead atoms. The van der Waals surface area contributed by atoms with Crippen molar-refractivity contribution in [2.24, 2.45) is 0 Å². The van der Waals surface area contributed by atoms with Gasteiger partial charge in [-0.25, -0.2) is 4.98 Å². The maximum Gasteiger partial charge on any atom is 0.416 e. The molecule has 3 aromatic rings. The Balaban J connectivity index is 1.70. The van der Waals surface area contributed by atoms with E-state index in [0.29, 0.717) is 17.4 Å². The van der Waals surface area contributed by atoms with Gasteiger partial charge in [-0.3, -0.25) is 9.89 Å². The number of halogens is 3. The van der Waals surface area contributed by atoms with Crippen LogP contribution < -0.4 is 5.32 Å². The topological polar surface area (TPSA) is 83.8 Å². The highest BCUT2D eigenvalue weighted by Gasteiger charge is 2.34. The summed E-state index contributed by atoms with van der Waals surface area (Å²) in [7, 11) is 0. The van der Waals surface area contributed by atoms with Gasteiger partial charge in [-0.1, -0.05) is 18.2 Å². The number of carbonyl (C=O) groups excluding carboxylic acids is 1. The zero-order valence-corrected chi connectivity index (χ0v) is 14.6. The standard InChI is InChI=1S/C18H17F3N4O2/c1-17(2,11-5-3-6-12(9-11)18(19,20)21)16(26)22-10-14-23-15(25-24-14)13-7-4-8-27-13/h3-9H,10H2,1-2H3,(H,22,26)(H,23,24,25). The largest absolute Gasteiger partial charge is 0.461 e. The minimum atomic E-state index is -4.47. The molecule has 6 nitrogen and oxygen atoms in total. The van der Waals surface area contributed by atoms with Gasteiger partial charge in [-0.15, -0.1) is 5.10 Å². The number of hydrogen-bond donors (Lipinski definition) is 2. The third-order valence-electron chi connectivity index (χ3n) is 4.17. The second-order valence-electron chi connectivity index (χ2n) is 6.47. The van der Waals surface area contributed by atoms with Crippen LogP contribution in [0.1, 0.15) is 30.8 Å². The summed E-state index contributed by atoms with van der Waals surface area (Å²) in [5.74, 6) is 0.793. The minimum absolute atomic E-state index is 0.0505. The molecule has 2 N–H and O–H groups in total. The number of H-pyrrole nitrogens is 1. The number of rotatable bonds is 5. The lowest BCUT2D eigenvalue weighted by Gasteiger charge is -2.24. The average molecular weight is 378 g/mol. The highest BCUT2D eigenvalue weighted by Crippen LogP contribution is 2.33. The number of hydrogen-bond acceptors (Lipinski definition) is 4. The third kappa shape index (κ3) is 4.02. The first-order valence-corrected chi connectivity index (χ1v) is 8.09. The van der Waals surface area contributed by atoms with Crippen LogP contribution >= 0.6 is 0 Å². The van der Waals surface area contributed by atoms with Crippen LogP contribution in [0, 0.1) is 0 Å². The van der Waals surface area contributed by atoms with E-state index in [-0.39, 0.29) is 12.1 Å². The van der Waals surface area contributed by atoms with E-state index in [1.807, 2.05) is 0 Å². The van der Waals surface area contributed by atoms with Crippen LogP contribution in [0.2, 0.25) is 0 Å². The van der Waals surface area contributed by atoms with Gasteiger partial charge in [0.1, 0.15) is 5.82 Å². The molecule has 142 valence electrons. The van der Waals surface area contributed by atoms with Crippen molar-refractivity contribution in [1.29, 1.82) is 0 Å². The minimum Gasteiger partial charge on any atom is -0.461 e. The number of nitrogens with zero attached hydrogens (tertiary/aromatic N) is 2. The summed E-state index contributed by atoms with van der Waals surface area (Å²) in [5.41, 5.74) is -1.69. The number of nitrogens with one attached hydrogen (secondary N) is 2. The lowest BCUT2D eigenvalue weighted by molar-refractivity contribution is -0.138. The molecule has 27 heavy (non-hydrogen) atoms. The number of aromatic amines is 1. The van der Waals surface area contributed by atoms with Gasteiger partial charge in [0, 0.05) is 0 Å². The lowest BCUT2D eigenvalue weighted by atomic mass is 9.83. The molecular formula is C18H17F3N4O2. The lowest BCUT2D eigenvalue weighted by Crippen LogP contribution is -2.40. The van der Waals surface area contributed by atoms with E-state index in [9.17, 15) is 18.0 Å². The Morgan fingerprint density at radius 1 is 1.19 bits per heavy atom. The predicted molar refractivity (Wildman–Crippen MR) is 90.4 cm³/mol. The maximum absolute atomic E-state index is 12.9. The Kier molecular flexibility index (Phi) is 4.77. The van der Waals surface area contributed by atoms with E-state index < -0.39 is 23.1 Å². The Bertz CT molecular complexity index is 930. The highest BCUT2D eigenvalue weighted by molar-refractivity contribution is 5.87. The molecule has 0 saturated carbocycles. The first kappa shape index (κ1) is 18.7. The molecular weight excluding hydrogens is 361 g/mol. The normalized spacial score (nSPS) is 12.2. The van der Waals surface area contributed by atoms with E-state index in [4.69, 9.17) is 4.42 Å². The van der Waals surface area contributed by atoms with Gasteiger partial charge >= 0.3 is 6.18 Å². The van der Waals surface area contributed by atoms with Gasteiger partial charge < -0.3 is 9.73 Å². The molecule has 1 amide bonds. The van der Waals surface area contributed by atoms with Crippen molar-refractivity contribution in [1.82, 2.24) is 20.5 Å². The predicted octanol–water partition coefficient (Wildman–Crippen LogP) is 3.68. The summed E-state index contributed by atoms with van der Waals surface area (Å²) in [6, 6.07) is 8.15. The molecule has 0 fully saturated rings. The quantitative estimate of drug-likeness (QED) is 0.709. The first-order chi connectivity index (χ1) is 12.7. The summed E-state index contributed by atoms with van der Waals surface area (Å²) < 4.78 is 43.9. The average Bonchev–Trinajstić information content (AvgIpc) is 3.30. The summed E-state index contributed by atoms with van der Waals surface area (Å²) in [4.78, 5) is 16.8. The van der Waals surface area contributed by atoms with Gasteiger partial charge in [-0.2, -0.15) is 13.2 Å². The summed E-state index contributed by atoms with van der Waals surface area (Å²) in [5, 5.41) is 9.34. The van der Waals surface area contributed by atoms with E-state index in [2.05, 4.69) is 20.5 Å². The molecule has 0 atom stereocenters. The Morgan fingerprint density at radius 3 is 2.59 bits per heavy atom. The van der Waals surface area contributed by atoms with Crippen LogP contribution in [-0.2, 0) is 22.9 Å². The van der Waals surface area contributed by atoms with E-state index >= 15 is 0 Å². The van der Waals surface area contributed by atoms with Gasteiger partial charge in [-0.05, 0) is 37.6 Å². The van der Waals surface area contributed by atoms with Crippen LogP contribution in [0.25, 0.3) is 11.6 Å². The summed E-state index contributed by atoms with van der Waals surface area (Å²) >= 11 is 0. The molecule has 0 aliphatic heterocycles. The summed E-state index contributed by atoms with van der Waals surface area (Å²) in [6.07, 6.45) is -2.98. The van der Waals surface area contributed by atoms with Gasteiger partial charge in [0.2, 0.25) is 11.7 Å². The van der Waals surface area contributed by atoms with Crippen LogP contribution in [0.4, 0.5) is 13.2 Å². The smallest absolute Gasteiger partial charge is 0.416 e. The SMILES string of the molecule is CC(C)(C(=O)NCc1nc(-c2ccco2)n[nH]1)c1cccc(C(F)(F)F)c1. The summed E-state index contributed by atoms with van der Waals surface area (Å²) in [6.45, 7) is 3.17. The van der Waals surface area contributed by atoms with E-state index in [1.54, 1.807) is 26.0 Å². The third-order valence-corrected chi connectivity index (χ3v) is 4.17. The number of furan rings is 1. The van der Waals surface area contributed by atoms with Crippen molar-refractivity contribution in [2.45, 2.75) is 32.0 Å². The van der Waals surface area contributed by atoms with Crippen molar-refractivity contribution >= 4 is 5.91 Å². The fourth-order valence-electron chi connectivity index (χ4n) is 2.49. The number of aromatic nitrogens is 3. The van der Waals surface area contributed by atoms with Gasteiger partial charge in [0.15, 0.2) is 5.76 Å². The van der Waals surface area contributed by atoms with E-state index in [1.165, 1.54) is 18.4 Å². The first-order valence-electron chi connectivity index (χ1n) is 8.09. The van der Waals surface area contributed by atoms with Gasteiger partial charge in [0.25, 0.3) is 0 Å². The number of carbonyl (C=O) groups is 1. The molecule has 0 unspecified atom stereocenters. The molecule has 2 heterocycles. The Labute approximate surface area is 152 Å². The van der Waals surface area contributed by atoms with Gasteiger partial charge in [0.05, 0.1) is 23.8 Å². The van der Waals surface area contributed by atoms with Crippen LogP contribution in [0.15, 0.2) is 47.1 Å². The maximum atomic E-state index is 12.9. The number of amides is 1. The Morgan fingerprint density at radius 2 is 1.93 bits per heavy atom. The molecule has 0 aliphatic carbocycles. The monoisotopic (exact) mass is 378 g/mol. The van der Waals surface area contributed by atoms with Crippen molar-refractivity contribution < 1.29 is 22.4 Å². The highest BCUT2D eigenvalue weighted by atomic mass is 19.4. The second-order valence-corrected chi connectivity index (χ2v) is 6.47. The zero-order chi connectivity index (χ0) is 19.7. The van der Waals surface area contributed by atoms with Crippen LogP contribution in [0.5, 0.6) is 0 Å². The number of benzene rings is 1. The fraction of sp³-hybridized carbons (Fsp3) is 0.278. The zero-order valence-electron chi connectivity index (χ0n) is 14.6. The Hall–Kier alpha value is -3.10. The van der Waals surface area contributed by atoms with E-state index in [0.717, 1.165) is 12.1 Å². The molecule has 3 rings (SSSR count). The molecule has 0 saturated heterocycles. The molecule has 0 radical (unpaired) electrons. The molecule has 0 aliphatic rings. The second kappa shape index (κ2) is 6.90. The molecule has 2 aromatic heterocycles.